The van der Waals surface area contributed by atoms with Crippen LogP contribution in [0.2, 0.25) is 0 Å². The number of furan rings is 2. The molecular formula is C106H78F2N2O2Si2. The highest BCUT2D eigenvalue weighted by atomic mass is 28.3. The summed E-state index contributed by atoms with van der Waals surface area (Å²) < 4.78 is 48.9. The maximum atomic E-state index is 17.3. The first kappa shape index (κ1) is 69.7. The quantitative estimate of drug-likeness (QED) is 0.0487. The zero-order valence-electron chi connectivity index (χ0n) is 63.6. The summed E-state index contributed by atoms with van der Waals surface area (Å²) in [6.07, 6.45) is 0. The average molecular weight is 1510 g/mol. The molecule has 0 aliphatic carbocycles. The van der Waals surface area contributed by atoms with Gasteiger partial charge in [0, 0.05) is 43.4 Å². The molecular weight excluding hydrogens is 1430 g/mol. The van der Waals surface area contributed by atoms with Crippen molar-refractivity contribution in [1.29, 1.82) is 0 Å². The molecule has 0 radical (unpaired) electrons. The minimum Gasteiger partial charge on any atom is -0.454 e. The van der Waals surface area contributed by atoms with Crippen molar-refractivity contribution in [2.75, 3.05) is 9.80 Å². The summed E-state index contributed by atoms with van der Waals surface area (Å²) in [6, 6.07) is 138. The van der Waals surface area contributed by atoms with Gasteiger partial charge in [0.15, 0.2) is 27.3 Å². The minimum absolute atomic E-state index is 0.0183. The van der Waals surface area contributed by atoms with Crippen LogP contribution < -0.4 is 51.3 Å². The summed E-state index contributed by atoms with van der Waals surface area (Å²) in [5, 5.41) is 20.1. The molecule has 0 saturated heterocycles. The lowest BCUT2D eigenvalue weighted by molar-refractivity contribution is 0.628. The Morgan fingerprint density at radius 3 is 0.877 bits per heavy atom. The second-order valence-corrected chi connectivity index (χ2v) is 38.3. The molecule has 0 amide bonds. The van der Waals surface area contributed by atoms with Crippen molar-refractivity contribution < 1.29 is 17.6 Å². The van der Waals surface area contributed by atoms with Gasteiger partial charge >= 0.3 is 0 Å². The van der Waals surface area contributed by atoms with Crippen LogP contribution in [0.3, 0.4) is 0 Å². The number of rotatable bonds is 18. The normalized spacial score (nSPS) is 12.1. The van der Waals surface area contributed by atoms with Crippen LogP contribution >= 0.6 is 0 Å². The molecule has 546 valence electrons. The third-order valence-corrected chi connectivity index (χ3v) is 33.3. The number of nitrogens with zero attached hydrogens (tertiary/aromatic N) is 2. The van der Waals surface area contributed by atoms with E-state index in [-0.39, 0.29) is 23.5 Å². The maximum Gasteiger partial charge on any atom is 0.179 e. The highest BCUT2D eigenvalue weighted by Crippen LogP contribution is 2.55. The lowest BCUT2D eigenvalue weighted by Crippen LogP contribution is -2.74. The lowest BCUT2D eigenvalue weighted by atomic mass is 9.83. The molecule has 0 saturated carbocycles. The number of hydrogen-bond donors (Lipinski definition) is 0. The van der Waals surface area contributed by atoms with Crippen LogP contribution in [-0.4, -0.2) is 16.1 Å². The van der Waals surface area contributed by atoms with Gasteiger partial charge in [0.2, 0.25) is 0 Å². The fraction of sp³-hybridized carbons (Fsp3) is 0.0566. The van der Waals surface area contributed by atoms with Crippen molar-refractivity contribution in [1.82, 2.24) is 0 Å². The van der Waals surface area contributed by atoms with Crippen molar-refractivity contribution in [3.05, 3.63) is 411 Å². The van der Waals surface area contributed by atoms with E-state index in [0.29, 0.717) is 22.3 Å². The van der Waals surface area contributed by atoms with Crippen molar-refractivity contribution in [2.24, 2.45) is 0 Å². The van der Waals surface area contributed by atoms with E-state index in [0.717, 1.165) is 132 Å². The Morgan fingerprint density at radius 2 is 0.535 bits per heavy atom. The van der Waals surface area contributed by atoms with Crippen LogP contribution in [0, 0.1) is 11.6 Å². The van der Waals surface area contributed by atoms with Crippen LogP contribution in [0.4, 0.5) is 42.9 Å². The molecule has 4 nitrogen and oxygen atoms in total. The molecule has 2 aromatic heterocycles. The van der Waals surface area contributed by atoms with Crippen LogP contribution in [0.25, 0.3) is 98.4 Å². The van der Waals surface area contributed by atoms with E-state index in [1.165, 1.54) is 31.1 Å². The van der Waals surface area contributed by atoms with Gasteiger partial charge in [0.25, 0.3) is 0 Å². The summed E-state index contributed by atoms with van der Waals surface area (Å²) in [7, 11) is -6.21. The van der Waals surface area contributed by atoms with Crippen molar-refractivity contribution in [2.45, 2.75) is 39.5 Å². The van der Waals surface area contributed by atoms with Crippen LogP contribution in [0.5, 0.6) is 0 Å². The smallest absolute Gasteiger partial charge is 0.179 e. The van der Waals surface area contributed by atoms with E-state index < -0.39 is 16.1 Å². The Labute approximate surface area is 663 Å². The van der Waals surface area contributed by atoms with Gasteiger partial charge in [-0.05, 0) is 170 Å². The molecule has 8 heteroatoms. The fourth-order valence-electron chi connectivity index (χ4n) is 18.8. The molecule has 0 aliphatic heterocycles. The molecule has 18 aromatic carbocycles. The van der Waals surface area contributed by atoms with Crippen molar-refractivity contribution in [3.63, 3.8) is 0 Å². The molecule has 0 unspecified atom stereocenters. The average Bonchev–Trinajstić information content (AvgIpc) is 0.794. The first-order valence-corrected chi connectivity index (χ1v) is 43.4. The molecule has 0 aliphatic rings. The van der Waals surface area contributed by atoms with E-state index >= 15 is 8.78 Å². The third kappa shape index (κ3) is 11.2. The Balaban J connectivity index is 0.868. The van der Waals surface area contributed by atoms with Gasteiger partial charge in [0.05, 0.1) is 34.1 Å². The Hall–Kier alpha value is -13.5. The Kier molecular flexibility index (Phi) is 17.3. The van der Waals surface area contributed by atoms with Gasteiger partial charge in [-0.2, -0.15) is 0 Å². The first-order chi connectivity index (χ1) is 56.0. The monoisotopic (exact) mass is 1500 g/mol. The van der Waals surface area contributed by atoms with E-state index in [4.69, 9.17) is 8.83 Å². The number of benzene rings is 18. The van der Waals surface area contributed by atoms with Gasteiger partial charge in [-0.15, -0.1) is 0 Å². The summed E-state index contributed by atoms with van der Waals surface area (Å²) >= 11 is 0. The second kappa shape index (κ2) is 28.4. The van der Waals surface area contributed by atoms with E-state index in [1.54, 1.807) is 24.3 Å². The first-order valence-electron chi connectivity index (χ1n) is 39.4. The summed E-state index contributed by atoms with van der Waals surface area (Å²) in [4.78, 5) is 4.73. The van der Waals surface area contributed by atoms with Crippen molar-refractivity contribution >= 4 is 168 Å². The number of halogens is 2. The highest BCUT2D eigenvalue weighted by molar-refractivity contribution is 7.20. The van der Waals surface area contributed by atoms with Gasteiger partial charge in [0.1, 0.15) is 22.8 Å². The molecule has 20 rings (SSSR count). The molecule has 114 heavy (non-hydrogen) atoms. The second-order valence-electron chi connectivity index (χ2n) is 30.7. The van der Waals surface area contributed by atoms with E-state index in [2.05, 4.69) is 365 Å². The van der Waals surface area contributed by atoms with Crippen LogP contribution in [0.15, 0.2) is 397 Å². The summed E-state index contributed by atoms with van der Waals surface area (Å²) in [6.45, 7) is 9.15. The van der Waals surface area contributed by atoms with E-state index in [1.807, 2.05) is 36.4 Å². The number of para-hydroxylation sites is 4. The standard InChI is InChI=1S/C106H78F2N2O2Si2/c1-69(2)91-67-99(109(97-51-29-49-87-83-47-23-25-53-101(83)111-105(87)97)95-61-55-73(107)65-93(95)71-31-27-45-81(63-71)113(75-33-11-5-12-34-75,76-35-13-6-14-36-76)77-37-15-7-16-38-77)89-60-58-86-92(70(3)4)68-100(90-59-57-85(91)103(89)104(86)90)110(98-52-30-50-88-84-48-24-26-54-102(84)112-106(88)98)96-62-56-74(108)66-94(96)72-32-28-46-82(64-72)114(78-39-17-8-18-40-78,79-41-19-9-20-42-79)80-43-21-10-22-44-80/h5-70H,1-4H3. The van der Waals surface area contributed by atoms with Gasteiger partial charge in [-0.3, -0.25) is 0 Å². The van der Waals surface area contributed by atoms with Gasteiger partial charge in [-0.1, -0.05) is 343 Å². The van der Waals surface area contributed by atoms with Crippen LogP contribution in [-0.2, 0) is 0 Å². The molecule has 0 N–H and O–H groups in total. The molecule has 0 spiro atoms. The lowest BCUT2D eigenvalue weighted by Gasteiger charge is -2.35. The number of hydrogen-bond acceptors (Lipinski definition) is 4. The van der Waals surface area contributed by atoms with Crippen LogP contribution in [0.1, 0.15) is 50.7 Å². The molecule has 0 bridgehead atoms. The molecule has 20 aromatic rings. The topological polar surface area (TPSA) is 32.8 Å². The highest BCUT2D eigenvalue weighted by Gasteiger charge is 2.44. The predicted octanol–water partition coefficient (Wildman–Crippen LogP) is 23.9. The Morgan fingerprint density at radius 1 is 0.237 bits per heavy atom. The number of fused-ring (bicyclic) bond motifs is 6. The number of anilines is 6. The van der Waals surface area contributed by atoms with E-state index in [9.17, 15) is 0 Å². The fourth-order valence-corrected chi connectivity index (χ4v) is 28.4. The van der Waals surface area contributed by atoms with Crippen molar-refractivity contribution in [3.8, 4) is 22.3 Å². The third-order valence-electron chi connectivity index (χ3n) is 23.7. The minimum atomic E-state index is -3.11. The zero-order valence-corrected chi connectivity index (χ0v) is 65.6. The Bertz CT molecular complexity index is 6410. The zero-order chi connectivity index (χ0) is 76.8. The maximum absolute atomic E-state index is 17.3. The summed E-state index contributed by atoms with van der Waals surface area (Å²) in [5.41, 5.74) is 13.4. The van der Waals surface area contributed by atoms with Gasteiger partial charge < -0.3 is 18.6 Å². The molecule has 0 atom stereocenters. The van der Waals surface area contributed by atoms with Gasteiger partial charge in [-0.25, -0.2) is 8.78 Å². The summed E-state index contributed by atoms with van der Waals surface area (Å²) in [5.74, 6) is -0.672. The SMILES string of the molecule is CC(C)c1cc(N(c2ccc(F)cc2-c2cccc([Si](c3ccccc3)(c3ccccc3)c3ccccc3)c2)c2cccc3c2oc2ccccc23)c2ccc3c(C(C)C)cc(N(c4ccc(F)cc4-c4cccc([Si](c5ccccc5)(c5ccccc5)c5ccccc5)c4)c4cccc5c4oc4ccccc45)c4ccc1c2c34. The molecule has 2 heterocycles. The predicted molar refractivity (Wildman–Crippen MR) is 480 cm³/mol. The molecule has 0 fully saturated rings. The largest absolute Gasteiger partial charge is 0.454 e.